The molecule has 5 heteroatoms. The van der Waals surface area contributed by atoms with Crippen molar-refractivity contribution in [1.82, 2.24) is 10.2 Å². The molecule has 1 aromatic carbocycles. The number of nitrogens with zero attached hydrogens (tertiary/aromatic N) is 1. The van der Waals surface area contributed by atoms with Crippen molar-refractivity contribution in [2.45, 2.75) is 13.0 Å². The normalized spacial score (nSPS) is 16.8. The van der Waals surface area contributed by atoms with Crippen LogP contribution in [0.3, 0.4) is 0 Å². The van der Waals surface area contributed by atoms with Gasteiger partial charge in [0, 0.05) is 49.9 Å². The van der Waals surface area contributed by atoms with Crippen molar-refractivity contribution in [3.63, 3.8) is 0 Å². The van der Waals surface area contributed by atoms with Crippen molar-refractivity contribution >= 4 is 15.9 Å². The van der Waals surface area contributed by atoms with Gasteiger partial charge in [-0.3, -0.25) is 0 Å². The number of rotatable bonds is 5. The fourth-order valence-corrected chi connectivity index (χ4v) is 2.90. The molecule has 1 fully saturated rings. The van der Waals surface area contributed by atoms with Gasteiger partial charge in [0.05, 0.1) is 6.61 Å². The maximum absolute atomic E-state index is 13.9. The van der Waals surface area contributed by atoms with Gasteiger partial charge in [0.15, 0.2) is 0 Å². The number of halogens is 2. The fourth-order valence-electron chi connectivity index (χ4n) is 2.30. The Labute approximate surface area is 122 Å². The molecule has 0 bridgehead atoms. The van der Waals surface area contributed by atoms with E-state index in [9.17, 15) is 4.39 Å². The predicted octanol–water partition coefficient (Wildman–Crippen LogP) is 2.18. The van der Waals surface area contributed by atoms with E-state index in [2.05, 4.69) is 26.1 Å². The van der Waals surface area contributed by atoms with Crippen LogP contribution in [0, 0.1) is 5.82 Å². The minimum Gasteiger partial charge on any atom is -0.380 e. The maximum atomic E-state index is 13.9. The summed E-state index contributed by atoms with van der Waals surface area (Å²) in [5, 5.41) is 3.33. The lowest BCUT2D eigenvalue weighted by Gasteiger charge is -2.27. The van der Waals surface area contributed by atoms with Crippen LogP contribution in [0.5, 0.6) is 0 Å². The third kappa shape index (κ3) is 4.24. The van der Waals surface area contributed by atoms with Crippen LogP contribution in [-0.4, -0.2) is 44.7 Å². The lowest BCUT2D eigenvalue weighted by atomic mass is 10.1. The van der Waals surface area contributed by atoms with Crippen molar-refractivity contribution in [3.8, 4) is 0 Å². The van der Waals surface area contributed by atoms with Gasteiger partial charge in [-0.25, -0.2) is 4.39 Å². The van der Waals surface area contributed by atoms with Gasteiger partial charge in [-0.05, 0) is 24.1 Å². The molecular formula is C14H20BrFN2O. The lowest BCUT2D eigenvalue weighted by Crippen LogP contribution is -2.44. The van der Waals surface area contributed by atoms with E-state index in [4.69, 9.17) is 4.74 Å². The topological polar surface area (TPSA) is 24.5 Å². The second kappa shape index (κ2) is 7.33. The van der Waals surface area contributed by atoms with Crippen molar-refractivity contribution in [3.05, 3.63) is 33.5 Å². The molecule has 0 saturated carbocycles. The van der Waals surface area contributed by atoms with E-state index in [-0.39, 0.29) is 5.82 Å². The molecule has 2 rings (SSSR count). The van der Waals surface area contributed by atoms with Crippen molar-refractivity contribution in [2.24, 2.45) is 0 Å². The second-order valence-electron chi connectivity index (χ2n) is 4.81. The zero-order chi connectivity index (χ0) is 13.7. The first kappa shape index (κ1) is 14.9. The zero-order valence-electron chi connectivity index (χ0n) is 11.2. The molecule has 1 heterocycles. The molecule has 3 nitrogen and oxygen atoms in total. The largest absolute Gasteiger partial charge is 0.380 e. The zero-order valence-corrected chi connectivity index (χ0v) is 12.8. The standard InChI is InChI=1S/C14H20BrFN2O/c1-19-10-12-13(15)8-11(9-14(12)16)2-5-18-6-3-17-4-7-18/h8-9,17H,2-7,10H2,1H3. The number of nitrogens with one attached hydrogen (secondary N) is 1. The summed E-state index contributed by atoms with van der Waals surface area (Å²) < 4.78 is 19.7. The summed E-state index contributed by atoms with van der Waals surface area (Å²) in [6.07, 6.45) is 0.878. The smallest absolute Gasteiger partial charge is 0.130 e. The summed E-state index contributed by atoms with van der Waals surface area (Å²) in [7, 11) is 1.57. The van der Waals surface area contributed by atoms with E-state index in [0.29, 0.717) is 12.2 Å². The highest BCUT2D eigenvalue weighted by atomic mass is 79.9. The third-order valence-corrected chi connectivity index (χ3v) is 4.12. The first-order valence-electron chi connectivity index (χ1n) is 6.59. The van der Waals surface area contributed by atoms with Crippen molar-refractivity contribution in [1.29, 1.82) is 0 Å². The first-order valence-corrected chi connectivity index (χ1v) is 7.39. The summed E-state index contributed by atoms with van der Waals surface area (Å²) >= 11 is 3.42. The monoisotopic (exact) mass is 330 g/mol. The molecule has 19 heavy (non-hydrogen) atoms. The predicted molar refractivity (Wildman–Crippen MR) is 77.8 cm³/mol. The highest BCUT2D eigenvalue weighted by molar-refractivity contribution is 9.10. The van der Waals surface area contributed by atoms with E-state index in [0.717, 1.165) is 49.2 Å². The quantitative estimate of drug-likeness (QED) is 0.895. The van der Waals surface area contributed by atoms with Crippen molar-refractivity contribution in [2.75, 3.05) is 39.8 Å². The molecule has 1 saturated heterocycles. The molecule has 106 valence electrons. The summed E-state index contributed by atoms with van der Waals surface area (Å²) in [5.74, 6) is -0.188. The van der Waals surface area contributed by atoms with Gasteiger partial charge in [-0.1, -0.05) is 15.9 Å². The third-order valence-electron chi connectivity index (χ3n) is 3.42. The number of methoxy groups -OCH3 is 1. The molecule has 1 aliphatic rings. The van der Waals surface area contributed by atoms with E-state index in [1.165, 1.54) is 0 Å². The van der Waals surface area contributed by atoms with Crippen molar-refractivity contribution < 1.29 is 9.13 Å². The molecule has 0 radical (unpaired) electrons. The van der Waals surface area contributed by atoms with Crippen LogP contribution >= 0.6 is 15.9 Å². The second-order valence-corrected chi connectivity index (χ2v) is 5.67. The molecule has 0 aromatic heterocycles. The molecule has 0 amide bonds. The highest BCUT2D eigenvalue weighted by Crippen LogP contribution is 2.23. The van der Waals surface area contributed by atoms with Gasteiger partial charge < -0.3 is 15.0 Å². The Balaban J connectivity index is 1.96. The number of hydrogen-bond acceptors (Lipinski definition) is 3. The van der Waals surface area contributed by atoms with Crippen LogP contribution in [0.1, 0.15) is 11.1 Å². The molecule has 0 aliphatic carbocycles. The fraction of sp³-hybridized carbons (Fsp3) is 0.571. The minimum absolute atomic E-state index is 0.188. The van der Waals surface area contributed by atoms with Gasteiger partial charge in [-0.15, -0.1) is 0 Å². The number of benzene rings is 1. The van der Waals surface area contributed by atoms with E-state index < -0.39 is 0 Å². The Morgan fingerprint density at radius 2 is 2.11 bits per heavy atom. The summed E-state index contributed by atoms with van der Waals surface area (Å²) in [5.41, 5.74) is 1.62. The van der Waals surface area contributed by atoms with Gasteiger partial charge in [0.1, 0.15) is 5.82 Å². The highest BCUT2D eigenvalue weighted by Gasteiger charge is 2.12. The number of piperazine rings is 1. The Bertz CT molecular complexity index is 399. The minimum atomic E-state index is -0.188. The SMILES string of the molecule is COCc1c(F)cc(CCN2CCNCC2)cc1Br. The van der Waals surface area contributed by atoms with E-state index in [1.54, 1.807) is 13.2 Å². The van der Waals surface area contributed by atoms with Crippen LogP contribution < -0.4 is 5.32 Å². The van der Waals surface area contributed by atoms with Gasteiger partial charge in [-0.2, -0.15) is 0 Å². The summed E-state index contributed by atoms with van der Waals surface area (Å²) in [4.78, 5) is 2.41. The van der Waals surface area contributed by atoms with Crippen LogP contribution in [0.4, 0.5) is 4.39 Å². The van der Waals surface area contributed by atoms with Gasteiger partial charge in [0.25, 0.3) is 0 Å². The number of ether oxygens (including phenoxy) is 1. The average Bonchev–Trinajstić information content (AvgIpc) is 2.42. The van der Waals surface area contributed by atoms with E-state index in [1.807, 2.05) is 6.07 Å². The van der Waals surface area contributed by atoms with Gasteiger partial charge in [0.2, 0.25) is 0 Å². The molecule has 1 aliphatic heterocycles. The Morgan fingerprint density at radius 3 is 2.74 bits per heavy atom. The van der Waals surface area contributed by atoms with Crippen LogP contribution in [0.2, 0.25) is 0 Å². The number of hydrogen-bond donors (Lipinski definition) is 1. The van der Waals surface area contributed by atoms with Crippen LogP contribution in [0.25, 0.3) is 0 Å². The van der Waals surface area contributed by atoms with Crippen LogP contribution in [0.15, 0.2) is 16.6 Å². The van der Waals surface area contributed by atoms with Crippen LogP contribution in [-0.2, 0) is 17.8 Å². The van der Waals surface area contributed by atoms with E-state index >= 15 is 0 Å². The Hall–Kier alpha value is -0.490. The molecule has 1 N–H and O–H groups in total. The molecule has 1 aromatic rings. The molecular weight excluding hydrogens is 311 g/mol. The molecule has 0 atom stereocenters. The molecule has 0 unspecified atom stereocenters. The van der Waals surface area contributed by atoms with Gasteiger partial charge >= 0.3 is 0 Å². The Morgan fingerprint density at radius 1 is 1.37 bits per heavy atom. The summed E-state index contributed by atoms with van der Waals surface area (Å²) in [6.45, 7) is 5.52. The maximum Gasteiger partial charge on any atom is 0.130 e. The summed E-state index contributed by atoms with van der Waals surface area (Å²) in [6, 6.07) is 3.63. The first-order chi connectivity index (χ1) is 9.20. The lowest BCUT2D eigenvalue weighted by molar-refractivity contribution is 0.181. The average molecular weight is 331 g/mol. The molecule has 0 spiro atoms. The Kier molecular flexibility index (Phi) is 5.76.